The first kappa shape index (κ1) is 17.8. The second-order valence-electron chi connectivity index (χ2n) is 5.77. The van der Waals surface area contributed by atoms with E-state index in [9.17, 15) is 9.59 Å². The van der Waals surface area contributed by atoms with Gasteiger partial charge in [0, 0.05) is 19.0 Å². The fraction of sp³-hybridized carbons (Fsp3) is 0.688. The molecule has 1 N–H and O–H groups in total. The van der Waals surface area contributed by atoms with Crippen LogP contribution in [0.5, 0.6) is 0 Å². The summed E-state index contributed by atoms with van der Waals surface area (Å²) in [6.45, 7) is 5.42. The minimum Gasteiger partial charge on any atom is -0.355 e. The van der Waals surface area contributed by atoms with E-state index >= 15 is 0 Å². The van der Waals surface area contributed by atoms with Crippen molar-refractivity contribution in [3.8, 4) is 0 Å². The lowest BCUT2D eigenvalue weighted by molar-refractivity contribution is -0.124. The van der Waals surface area contributed by atoms with Gasteiger partial charge >= 0.3 is 0 Å². The van der Waals surface area contributed by atoms with Crippen molar-refractivity contribution in [2.45, 2.75) is 46.1 Å². The van der Waals surface area contributed by atoms with E-state index in [1.807, 2.05) is 24.8 Å². The number of nitrogens with zero attached hydrogens (tertiary/aromatic N) is 3. The van der Waals surface area contributed by atoms with Crippen molar-refractivity contribution >= 4 is 29.4 Å². The summed E-state index contributed by atoms with van der Waals surface area (Å²) in [6.07, 6.45) is 3.84. The van der Waals surface area contributed by atoms with Gasteiger partial charge in [-0.15, -0.1) is 0 Å². The molecule has 7 heteroatoms. The molecular weight excluding hydrogens is 312 g/mol. The van der Waals surface area contributed by atoms with Crippen LogP contribution in [0.1, 0.15) is 38.3 Å². The Labute approximate surface area is 142 Å². The Balaban J connectivity index is 1.73. The number of nitrogens with one attached hydrogen (secondary N) is 1. The number of aryl methyl sites for hydroxylation is 2. The monoisotopic (exact) mass is 338 g/mol. The van der Waals surface area contributed by atoms with Crippen molar-refractivity contribution < 1.29 is 9.59 Å². The molecule has 1 aliphatic rings. The van der Waals surface area contributed by atoms with Gasteiger partial charge in [-0.05, 0) is 31.3 Å². The predicted octanol–water partition coefficient (Wildman–Crippen LogP) is 1.97. The molecule has 0 spiro atoms. The fourth-order valence-electron chi connectivity index (χ4n) is 2.50. The van der Waals surface area contributed by atoms with Crippen LogP contribution in [0, 0.1) is 6.92 Å². The second kappa shape index (κ2) is 8.96. The van der Waals surface area contributed by atoms with E-state index in [1.54, 1.807) is 4.68 Å². The minimum absolute atomic E-state index is 0.0114. The average Bonchev–Trinajstić information content (AvgIpc) is 2.90. The first-order valence-corrected chi connectivity index (χ1v) is 9.46. The number of amides is 2. The summed E-state index contributed by atoms with van der Waals surface area (Å²) < 4.78 is 1.80. The minimum atomic E-state index is -0.107. The van der Waals surface area contributed by atoms with Crippen LogP contribution in [0.3, 0.4) is 0 Å². The van der Waals surface area contributed by atoms with Gasteiger partial charge in [0.25, 0.3) is 0 Å². The molecular formula is C16H26N4O2S. The lowest BCUT2D eigenvalue weighted by Crippen LogP contribution is -2.44. The van der Waals surface area contributed by atoms with Gasteiger partial charge in [-0.25, -0.2) is 4.68 Å². The van der Waals surface area contributed by atoms with E-state index in [2.05, 4.69) is 17.3 Å². The lowest BCUT2D eigenvalue weighted by atomic mass is 10.2. The molecule has 0 aliphatic carbocycles. The maximum absolute atomic E-state index is 12.1. The first-order chi connectivity index (χ1) is 11.1. The Morgan fingerprint density at radius 2 is 2.17 bits per heavy atom. The quantitative estimate of drug-likeness (QED) is 0.699. The summed E-state index contributed by atoms with van der Waals surface area (Å²) in [5, 5.41) is 7.25. The number of carbonyl (C=O) groups excluding carboxylic acids is 2. The molecule has 0 fully saturated rings. The van der Waals surface area contributed by atoms with Crippen LogP contribution in [0.15, 0.2) is 6.07 Å². The predicted molar refractivity (Wildman–Crippen MR) is 93.8 cm³/mol. The van der Waals surface area contributed by atoms with Crippen LogP contribution in [0.4, 0.5) is 5.82 Å². The Morgan fingerprint density at radius 3 is 2.96 bits per heavy atom. The van der Waals surface area contributed by atoms with Crippen LogP contribution in [-0.2, 0) is 16.1 Å². The number of fused-ring (bicyclic) bond motifs is 1. The molecule has 0 aromatic carbocycles. The molecule has 128 valence electrons. The van der Waals surface area contributed by atoms with E-state index in [4.69, 9.17) is 0 Å². The van der Waals surface area contributed by atoms with Gasteiger partial charge in [0.15, 0.2) is 0 Å². The molecule has 23 heavy (non-hydrogen) atoms. The van der Waals surface area contributed by atoms with Gasteiger partial charge in [-0.1, -0.05) is 13.3 Å². The van der Waals surface area contributed by atoms with Crippen LogP contribution in [0.2, 0.25) is 0 Å². The SMILES string of the molecule is CCCCSCCCNC(=O)CN1C(=O)CCn2nc(C)cc21. The number of anilines is 1. The Morgan fingerprint density at radius 1 is 1.39 bits per heavy atom. The molecule has 2 rings (SSSR count). The highest BCUT2D eigenvalue weighted by atomic mass is 32.2. The normalized spacial score (nSPS) is 14.0. The van der Waals surface area contributed by atoms with Gasteiger partial charge in [-0.2, -0.15) is 16.9 Å². The second-order valence-corrected chi connectivity index (χ2v) is 6.99. The topological polar surface area (TPSA) is 67.2 Å². The summed E-state index contributed by atoms with van der Waals surface area (Å²) in [5.41, 5.74) is 0.865. The maximum Gasteiger partial charge on any atom is 0.240 e. The summed E-state index contributed by atoms with van der Waals surface area (Å²) in [4.78, 5) is 25.7. The molecule has 1 aliphatic heterocycles. The third-order valence-corrected chi connectivity index (χ3v) is 4.88. The molecule has 1 aromatic rings. The molecule has 6 nitrogen and oxygen atoms in total. The van der Waals surface area contributed by atoms with Crippen molar-refractivity contribution in [3.05, 3.63) is 11.8 Å². The number of thioether (sulfide) groups is 1. The van der Waals surface area contributed by atoms with Gasteiger partial charge in [-0.3, -0.25) is 14.5 Å². The van der Waals surface area contributed by atoms with E-state index in [-0.39, 0.29) is 18.4 Å². The molecule has 0 unspecified atom stereocenters. The van der Waals surface area contributed by atoms with Gasteiger partial charge in [0.05, 0.1) is 12.2 Å². The number of carbonyl (C=O) groups is 2. The number of hydrogen-bond acceptors (Lipinski definition) is 4. The largest absolute Gasteiger partial charge is 0.355 e. The number of unbranched alkanes of at least 4 members (excludes halogenated alkanes) is 1. The van der Waals surface area contributed by atoms with E-state index in [1.165, 1.54) is 23.5 Å². The number of aromatic nitrogens is 2. The molecule has 0 saturated carbocycles. The number of hydrogen-bond donors (Lipinski definition) is 1. The zero-order valence-electron chi connectivity index (χ0n) is 14.0. The van der Waals surface area contributed by atoms with Crippen LogP contribution in [-0.4, -0.2) is 46.2 Å². The summed E-state index contributed by atoms with van der Waals surface area (Å²) in [7, 11) is 0. The molecule has 2 heterocycles. The van der Waals surface area contributed by atoms with Gasteiger partial charge < -0.3 is 5.32 Å². The number of rotatable bonds is 9. The molecule has 0 radical (unpaired) electrons. The van der Waals surface area contributed by atoms with Crippen LogP contribution in [0.25, 0.3) is 0 Å². The smallest absolute Gasteiger partial charge is 0.240 e. The van der Waals surface area contributed by atoms with E-state index in [0.29, 0.717) is 19.5 Å². The van der Waals surface area contributed by atoms with Crippen molar-refractivity contribution in [2.24, 2.45) is 0 Å². The first-order valence-electron chi connectivity index (χ1n) is 8.31. The zero-order valence-corrected chi connectivity index (χ0v) is 14.8. The molecule has 2 amide bonds. The molecule has 0 bridgehead atoms. The molecule has 1 aromatic heterocycles. The van der Waals surface area contributed by atoms with Crippen molar-refractivity contribution in [1.29, 1.82) is 0 Å². The fourth-order valence-corrected chi connectivity index (χ4v) is 3.54. The standard InChI is InChI=1S/C16H26N4O2S/c1-3-4-9-23-10-5-7-17-14(21)12-19-15-11-13(2)18-20(15)8-6-16(19)22/h11H,3-10,12H2,1-2H3,(H,17,21). The van der Waals surface area contributed by atoms with Crippen molar-refractivity contribution in [2.75, 3.05) is 29.5 Å². The highest BCUT2D eigenvalue weighted by Crippen LogP contribution is 2.21. The summed E-state index contributed by atoms with van der Waals surface area (Å²) in [6, 6.07) is 1.86. The lowest BCUT2D eigenvalue weighted by Gasteiger charge is -2.26. The molecule has 0 atom stereocenters. The summed E-state index contributed by atoms with van der Waals surface area (Å²) >= 11 is 1.93. The van der Waals surface area contributed by atoms with Gasteiger partial charge in [0.2, 0.25) is 11.8 Å². The van der Waals surface area contributed by atoms with Crippen LogP contribution < -0.4 is 10.2 Å². The highest BCUT2D eigenvalue weighted by Gasteiger charge is 2.27. The van der Waals surface area contributed by atoms with Crippen molar-refractivity contribution in [3.63, 3.8) is 0 Å². The van der Waals surface area contributed by atoms with E-state index < -0.39 is 0 Å². The third kappa shape index (κ3) is 5.27. The van der Waals surface area contributed by atoms with Gasteiger partial charge in [0.1, 0.15) is 12.4 Å². The van der Waals surface area contributed by atoms with Crippen LogP contribution >= 0.6 is 11.8 Å². The Kier molecular flexibility index (Phi) is 6.95. The molecule has 0 saturated heterocycles. The maximum atomic E-state index is 12.1. The Bertz CT molecular complexity index is 544. The average molecular weight is 338 g/mol. The zero-order chi connectivity index (χ0) is 16.7. The highest BCUT2D eigenvalue weighted by molar-refractivity contribution is 7.99. The summed E-state index contributed by atoms with van der Waals surface area (Å²) in [5.74, 6) is 2.86. The Hall–Kier alpha value is -1.50. The third-order valence-electron chi connectivity index (χ3n) is 3.73. The van der Waals surface area contributed by atoms with Crippen molar-refractivity contribution in [1.82, 2.24) is 15.1 Å². The van der Waals surface area contributed by atoms with E-state index in [0.717, 1.165) is 23.7 Å².